The summed E-state index contributed by atoms with van der Waals surface area (Å²) in [6, 6.07) is 10.5. The van der Waals surface area contributed by atoms with Gasteiger partial charge < -0.3 is 15.0 Å². The van der Waals surface area contributed by atoms with Crippen molar-refractivity contribution in [2.24, 2.45) is 0 Å². The van der Waals surface area contributed by atoms with Crippen molar-refractivity contribution in [3.63, 3.8) is 0 Å². The van der Waals surface area contributed by atoms with Gasteiger partial charge in [0.05, 0.1) is 6.54 Å². The fourth-order valence-corrected chi connectivity index (χ4v) is 4.59. The van der Waals surface area contributed by atoms with E-state index in [4.69, 9.17) is 4.74 Å². The number of piperazine rings is 1. The molecule has 0 bridgehead atoms. The van der Waals surface area contributed by atoms with Crippen LogP contribution in [0.25, 0.3) is 0 Å². The Kier molecular flexibility index (Phi) is 5.97. The first-order valence-electron chi connectivity index (χ1n) is 10.6. The van der Waals surface area contributed by atoms with Crippen LogP contribution >= 0.6 is 0 Å². The number of ether oxygens (including phenoxy) is 1. The normalized spacial score (nSPS) is 24.6. The van der Waals surface area contributed by atoms with E-state index in [-0.39, 0.29) is 23.3 Å². The summed E-state index contributed by atoms with van der Waals surface area (Å²) in [5.41, 5.74) is 1.45. The zero-order chi connectivity index (χ0) is 19.4. The van der Waals surface area contributed by atoms with Gasteiger partial charge in [-0.1, -0.05) is 36.8 Å². The fourth-order valence-electron chi connectivity index (χ4n) is 4.59. The van der Waals surface area contributed by atoms with Crippen LogP contribution < -0.4 is 5.32 Å². The van der Waals surface area contributed by atoms with Gasteiger partial charge in [-0.25, -0.2) is 0 Å². The molecule has 1 atom stereocenters. The Morgan fingerprint density at radius 3 is 2.43 bits per heavy atom. The predicted molar refractivity (Wildman–Crippen MR) is 107 cm³/mol. The van der Waals surface area contributed by atoms with Crippen LogP contribution in [-0.4, -0.2) is 73.6 Å². The second-order valence-electron chi connectivity index (χ2n) is 8.38. The molecule has 152 valence electrons. The molecule has 0 unspecified atom stereocenters. The van der Waals surface area contributed by atoms with E-state index in [0.29, 0.717) is 32.8 Å². The van der Waals surface area contributed by atoms with Crippen molar-refractivity contribution in [3.8, 4) is 0 Å². The molecule has 2 saturated heterocycles. The summed E-state index contributed by atoms with van der Waals surface area (Å²) in [6.45, 7) is 4.67. The van der Waals surface area contributed by atoms with Crippen molar-refractivity contribution in [1.29, 1.82) is 0 Å². The molecule has 1 aliphatic carbocycles. The van der Waals surface area contributed by atoms with Gasteiger partial charge in [0.15, 0.2) is 0 Å². The number of nitrogens with zero attached hydrogens (tertiary/aromatic N) is 2. The highest BCUT2D eigenvalue weighted by atomic mass is 16.5. The minimum atomic E-state index is -0.244. The van der Waals surface area contributed by atoms with Gasteiger partial charge in [-0.2, -0.15) is 0 Å². The molecule has 1 saturated carbocycles. The van der Waals surface area contributed by atoms with Crippen LogP contribution in [0.2, 0.25) is 0 Å². The predicted octanol–water partition coefficient (Wildman–Crippen LogP) is 1.55. The van der Waals surface area contributed by atoms with Gasteiger partial charge in [0.1, 0.15) is 6.10 Å². The Morgan fingerprint density at radius 1 is 1.07 bits per heavy atom. The summed E-state index contributed by atoms with van der Waals surface area (Å²) in [4.78, 5) is 29.0. The summed E-state index contributed by atoms with van der Waals surface area (Å²) in [7, 11) is 0. The monoisotopic (exact) mass is 385 g/mol. The first kappa shape index (κ1) is 19.4. The van der Waals surface area contributed by atoms with Crippen LogP contribution in [0.1, 0.15) is 37.7 Å². The number of carbonyl (C=O) groups is 2. The van der Waals surface area contributed by atoms with Crippen molar-refractivity contribution in [3.05, 3.63) is 35.9 Å². The summed E-state index contributed by atoms with van der Waals surface area (Å²) >= 11 is 0. The molecule has 3 fully saturated rings. The molecule has 3 aliphatic rings. The number of rotatable bonds is 6. The maximum atomic E-state index is 12.5. The molecule has 0 aromatic heterocycles. The van der Waals surface area contributed by atoms with Crippen LogP contribution in [0.4, 0.5) is 0 Å². The lowest BCUT2D eigenvalue weighted by Crippen LogP contribution is -2.54. The van der Waals surface area contributed by atoms with Gasteiger partial charge in [0.2, 0.25) is 5.91 Å². The van der Waals surface area contributed by atoms with E-state index in [1.54, 1.807) is 0 Å². The SMILES string of the molecule is O=C(CN1CCN(C(=O)[C@H]2CCCO2)CC1)NCC1(c2ccccc2)CCC1. The summed E-state index contributed by atoms with van der Waals surface area (Å²) in [6.07, 6.45) is 5.08. The van der Waals surface area contributed by atoms with Crippen LogP contribution in [-0.2, 0) is 19.7 Å². The van der Waals surface area contributed by atoms with Crippen molar-refractivity contribution in [2.75, 3.05) is 45.9 Å². The van der Waals surface area contributed by atoms with E-state index in [1.807, 2.05) is 11.0 Å². The van der Waals surface area contributed by atoms with Crippen LogP contribution in [0.3, 0.4) is 0 Å². The largest absolute Gasteiger partial charge is 0.368 e. The Labute approximate surface area is 167 Å². The number of benzene rings is 1. The third-order valence-electron chi connectivity index (χ3n) is 6.58. The van der Waals surface area contributed by atoms with E-state index in [2.05, 4.69) is 34.5 Å². The third kappa shape index (κ3) is 4.23. The van der Waals surface area contributed by atoms with Crippen molar-refractivity contribution < 1.29 is 14.3 Å². The van der Waals surface area contributed by atoms with Crippen molar-refractivity contribution in [2.45, 2.75) is 43.6 Å². The summed E-state index contributed by atoms with van der Waals surface area (Å²) < 4.78 is 5.51. The topological polar surface area (TPSA) is 61.9 Å². The lowest BCUT2D eigenvalue weighted by molar-refractivity contribution is -0.142. The van der Waals surface area contributed by atoms with Gasteiger partial charge in [-0.15, -0.1) is 0 Å². The van der Waals surface area contributed by atoms with E-state index < -0.39 is 0 Å². The summed E-state index contributed by atoms with van der Waals surface area (Å²) in [5.74, 6) is 0.206. The molecule has 1 aromatic carbocycles. The highest BCUT2D eigenvalue weighted by Crippen LogP contribution is 2.43. The highest BCUT2D eigenvalue weighted by molar-refractivity contribution is 5.81. The standard InChI is InChI=1S/C22H31N3O3/c26-20(23-17-22(9-5-10-22)18-6-2-1-3-7-18)16-24-11-13-25(14-12-24)21(27)19-8-4-15-28-19/h1-3,6-7,19H,4-5,8-17H2,(H,23,26)/t19-/m1/s1. The fraction of sp³-hybridized carbons (Fsp3) is 0.636. The number of hydrogen-bond acceptors (Lipinski definition) is 4. The lowest BCUT2D eigenvalue weighted by atomic mass is 9.64. The smallest absolute Gasteiger partial charge is 0.251 e. The molecule has 4 rings (SSSR count). The lowest BCUT2D eigenvalue weighted by Gasteiger charge is -2.43. The molecular weight excluding hydrogens is 354 g/mol. The zero-order valence-electron chi connectivity index (χ0n) is 16.6. The third-order valence-corrected chi connectivity index (χ3v) is 6.58. The number of nitrogens with one attached hydrogen (secondary N) is 1. The molecule has 6 heteroatoms. The second kappa shape index (κ2) is 8.62. The van der Waals surface area contributed by atoms with Crippen molar-refractivity contribution >= 4 is 11.8 Å². The molecular formula is C22H31N3O3. The van der Waals surface area contributed by atoms with Gasteiger partial charge in [0.25, 0.3) is 5.91 Å². The van der Waals surface area contributed by atoms with Crippen molar-refractivity contribution in [1.82, 2.24) is 15.1 Å². The average Bonchev–Trinajstić information content (AvgIpc) is 3.23. The quantitative estimate of drug-likeness (QED) is 0.807. The number of amides is 2. The Balaban J connectivity index is 1.21. The second-order valence-corrected chi connectivity index (χ2v) is 8.38. The molecule has 1 N–H and O–H groups in total. The van der Waals surface area contributed by atoms with Gasteiger partial charge in [-0.05, 0) is 31.2 Å². The van der Waals surface area contributed by atoms with Crippen LogP contribution in [0.5, 0.6) is 0 Å². The molecule has 6 nitrogen and oxygen atoms in total. The van der Waals surface area contributed by atoms with Gasteiger partial charge >= 0.3 is 0 Å². The highest BCUT2D eigenvalue weighted by Gasteiger charge is 2.38. The minimum Gasteiger partial charge on any atom is -0.368 e. The Morgan fingerprint density at radius 2 is 1.82 bits per heavy atom. The Bertz CT molecular complexity index is 676. The van der Waals surface area contributed by atoms with E-state index in [0.717, 1.165) is 38.8 Å². The first-order chi connectivity index (χ1) is 13.7. The maximum absolute atomic E-state index is 12.5. The Hall–Kier alpha value is -1.92. The van der Waals surface area contributed by atoms with Gasteiger partial charge in [0, 0.05) is 44.7 Å². The molecule has 2 aliphatic heterocycles. The minimum absolute atomic E-state index is 0.0844. The molecule has 2 heterocycles. The van der Waals surface area contributed by atoms with Crippen LogP contribution in [0, 0.1) is 0 Å². The van der Waals surface area contributed by atoms with E-state index in [9.17, 15) is 9.59 Å². The van der Waals surface area contributed by atoms with Crippen LogP contribution in [0.15, 0.2) is 30.3 Å². The first-order valence-corrected chi connectivity index (χ1v) is 10.6. The molecule has 2 amide bonds. The molecule has 1 aromatic rings. The molecule has 0 spiro atoms. The summed E-state index contributed by atoms with van der Waals surface area (Å²) in [5, 5.41) is 3.17. The van der Waals surface area contributed by atoms with Gasteiger partial charge in [-0.3, -0.25) is 14.5 Å². The average molecular weight is 386 g/mol. The number of carbonyl (C=O) groups excluding carboxylic acids is 2. The number of hydrogen-bond donors (Lipinski definition) is 1. The van der Waals surface area contributed by atoms with E-state index >= 15 is 0 Å². The zero-order valence-corrected chi connectivity index (χ0v) is 16.6. The molecule has 0 radical (unpaired) electrons. The molecule has 28 heavy (non-hydrogen) atoms. The van der Waals surface area contributed by atoms with E-state index in [1.165, 1.54) is 12.0 Å². The maximum Gasteiger partial charge on any atom is 0.251 e.